The zero-order chi connectivity index (χ0) is 12.3. The van der Waals surface area contributed by atoms with Crippen molar-refractivity contribution in [3.8, 4) is 5.75 Å². The van der Waals surface area contributed by atoms with E-state index in [1.54, 1.807) is 31.2 Å². The molecule has 1 aromatic carbocycles. The van der Waals surface area contributed by atoms with E-state index < -0.39 is 6.10 Å². The third-order valence-corrected chi connectivity index (χ3v) is 2.84. The van der Waals surface area contributed by atoms with Gasteiger partial charge in [0, 0.05) is 18.1 Å². The number of nitrogens with one attached hydrogen (secondary N) is 2. The fourth-order valence-corrected chi connectivity index (χ4v) is 1.69. The van der Waals surface area contributed by atoms with Crippen molar-refractivity contribution in [3.05, 3.63) is 29.3 Å². The van der Waals surface area contributed by atoms with Crippen molar-refractivity contribution in [1.82, 2.24) is 10.6 Å². The summed E-state index contributed by atoms with van der Waals surface area (Å²) in [4.78, 5) is 11.7. The minimum atomic E-state index is -0.519. The van der Waals surface area contributed by atoms with Crippen LogP contribution in [0.15, 0.2) is 24.3 Å². The third kappa shape index (κ3) is 3.35. The molecule has 0 aliphatic carbocycles. The number of carbonyl (C=O) groups is 1. The van der Waals surface area contributed by atoms with Gasteiger partial charge >= 0.3 is 0 Å². The van der Waals surface area contributed by atoms with Gasteiger partial charge in [-0.15, -0.1) is 0 Å². The van der Waals surface area contributed by atoms with Gasteiger partial charge in [-0.05, 0) is 25.1 Å². The number of amides is 1. The maximum atomic E-state index is 11.7. The van der Waals surface area contributed by atoms with Gasteiger partial charge in [-0.25, -0.2) is 0 Å². The Morgan fingerprint density at radius 2 is 2.35 bits per heavy atom. The van der Waals surface area contributed by atoms with E-state index >= 15 is 0 Å². The second kappa shape index (κ2) is 5.38. The summed E-state index contributed by atoms with van der Waals surface area (Å²) in [5.41, 5.74) is 0. The molecule has 1 amide bonds. The first kappa shape index (κ1) is 12.2. The molecule has 1 aromatic rings. The van der Waals surface area contributed by atoms with Crippen molar-refractivity contribution < 1.29 is 9.53 Å². The molecule has 1 aliphatic rings. The number of hydrogen-bond acceptors (Lipinski definition) is 3. The van der Waals surface area contributed by atoms with E-state index in [2.05, 4.69) is 10.6 Å². The summed E-state index contributed by atoms with van der Waals surface area (Å²) in [7, 11) is 0. The van der Waals surface area contributed by atoms with Gasteiger partial charge in [-0.2, -0.15) is 0 Å². The lowest BCUT2D eigenvalue weighted by Gasteiger charge is -2.29. The van der Waals surface area contributed by atoms with E-state index in [9.17, 15) is 4.79 Å². The largest absolute Gasteiger partial charge is 0.481 e. The van der Waals surface area contributed by atoms with Crippen molar-refractivity contribution >= 4 is 17.5 Å². The lowest BCUT2D eigenvalue weighted by atomic mass is 10.2. The average molecular weight is 255 g/mol. The first-order valence-electron chi connectivity index (χ1n) is 5.58. The first-order chi connectivity index (χ1) is 8.15. The minimum Gasteiger partial charge on any atom is -0.481 e. The molecule has 1 heterocycles. The minimum absolute atomic E-state index is 0.100. The highest BCUT2D eigenvalue weighted by Gasteiger charge is 2.22. The van der Waals surface area contributed by atoms with E-state index in [0.717, 1.165) is 13.1 Å². The molecule has 1 saturated heterocycles. The quantitative estimate of drug-likeness (QED) is 0.849. The van der Waals surface area contributed by atoms with Gasteiger partial charge in [-0.1, -0.05) is 17.7 Å². The summed E-state index contributed by atoms with van der Waals surface area (Å²) in [6, 6.07) is 7.25. The van der Waals surface area contributed by atoms with Crippen LogP contribution >= 0.6 is 11.6 Å². The van der Waals surface area contributed by atoms with Crippen molar-refractivity contribution in [2.45, 2.75) is 19.1 Å². The molecule has 2 rings (SSSR count). The van der Waals surface area contributed by atoms with E-state index in [4.69, 9.17) is 16.3 Å². The molecule has 92 valence electrons. The molecule has 0 aromatic heterocycles. The maximum absolute atomic E-state index is 11.7. The molecule has 4 nitrogen and oxygen atoms in total. The highest BCUT2D eigenvalue weighted by Crippen LogP contribution is 2.18. The molecule has 17 heavy (non-hydrogen) atoms. The predicted molar refractivity (Wildman–Crippen MR) is 66.3 cm³/mol. The van der Waals surface area contributed by atoms with Crippen LogP contribution in [0, 0.1) is 0 Å². The summed E-state index contributed by atoms with van der Waals surface area (Å²) >= 11 is 5.83. The molecular weight excluding hydrogens is 240 g/mol. The molecule has 1 fully saturated rings. The topological polar surface area (TPSA) is 50.4 Å². The zero-order valence-corrected chi connectivity index (χ0v) is 10.3. The summed E-state index contributed by atoms with van der Waals surface area (Å²) < 4.78 is 5.51. The second-order valence-corrected chi connectivity index (χ2v) is 4.52. The Labute approximate surface area is 105 Å². The Morgan fingerprint density at radius 1 is 1.59 bits per heavy atom. The molecular formula is C12H15ClN2O2. The Hall–Kier alpha value is -1.26. The Bertz CT molecular complexity index is 407. The van der Waals surface area contributed by atoms with Crippen LogP contribution in [0.3, 0.4) is 0 Å². The fraction of sp³-hybridized carbons (Fsp3) is 0.417. The number of ether oxygens (including phenoxy) is 1. The van der Waals surface area contributed by atoms with Crippen LogP contribution in [0.4, 0.5) is 0 Å². The molecule has 0 saturated carbocycles. The van der Waals surface area contributed by atoms with E-state index in [-0.39, 0.29) is 11.9 Å². The monoisotopic (exact) mass is 254 g/mol. The predicted octanol–water partition coefficient (Wildman–Crippen LogP) is 1.20. The first-order valence-corrected chi connectivity index (χ1v) is 5.96. The molecule has 0 spiro atoms. The summed E-state index contributed by atoms with van der Waals surface area (Å²) in [6.45, 7) is 3.38. The van der Waals surface area contributed by atoms with Gasteiger partial charge in [0.25, 0.3) is 5.91 Å². The van der Waals surface area contributed by atoms with Crippen molar-refractivity contribution in [2.75, 3.05) is 13.1 Å². The standard InChI is InChI=1S/C12H15ClN2O2/c1-8(12(16)15-10-6-14-7-10)17-11-4-2-3-9(13)5-11/h2-5,8,10,14H,6-7H2,1H3,(H,15,16). The molecule has 1 unspecified atom stereocenters. The van der Waals surface area contributed by atoms with Gasteiger partial charge in [0.1, 0.15) is 5.75 Å². The fourth-order valence-electron chi connectivity index (χ4n) is 1.51. The SMILES string of the molecule is CC(Oc1cccc(Cl)c1)C(=O)NC1CNC1. The van der Waals surface area contributed by atoms with Crippen molar-refractivity contribution in [3.63, 3.8) is 0 Å². The van der Waals surface area contributed by atoms with Gasteiger partial charge < -0.3 is 15.4 Å². The Balaban J connectivity index is 1.87. The van der Waals surface area contributed by atoms with E-state index in [0.29, 0.717) is 10.8 Å². The highest BCUT2D eigenvalue weighted by atomic mass is 35.5. The molecule has 1 atom stereocenters. The maximum Gasteiger partial charge on any atom is 0.261 e. The van der Waals surface area contributed by atoms with Crippen LogP contribution in [0.1, 0.15) is 6.92 Å². The Morgan fingerprint density at radius 3 is 2.94 bits per heavy atom. The van der Waals surface area contributed by atoms with Crippen molar-refractivity contribution in [2.24, 2.45) is 0 Å². The number of carbonyl (C=O) groups excluding carboxylic acids is 1. The third-order valence-electron chi connectivity index (χ3n) is 2.61. The number of hydrogen-bond donors (Lipinski definition) is 2. The number of halogens is 1. The van der Waals surface area contributed by atoms with Gasteiger partial charge in [0.05, 0.1) is 6.04 Å². The van der Waals surface area contributed by atoms with Crippen LogP contribution in [0.25, 0.3) is 0 Å². The second-order valence-electron chi connectivity index (χ2n) is 4.08. The number of rotatable bonds is 4. The lowest BCUT2D eigenvalue weighted by molar-refractivity contribution is -0.128. The Kier molecular flexibility index (Phi) is 3.86. The van der Waals surface area contributed by atoms with Crippen LogP contribution in [0.5, 0.6) is 5.75 Å². The van der Waals surface area contributed by atoms with E-state index in [1.165, 1.54) is 0 Å². The van der Waals surface area contributed by atoms with Crippen LogP contribution < -0.4 is 15.4 Å². The van der Waals surface area contributed by atoms with Crippen LogP contribution in [0.2, 0.25) is 5.02 Å². The number of benzene rings is 1. The van der Waals surface area contributed by atoms with Crippen LogP contribution in [-0.4, -0.2) is 31.1 Å². The van der Waals surface area contributed by atoms with Crippen molar-refractivity contribution in [1.29, 1.82) is 0 Å². The van der Waals surface area contributed by atoms with Gasteiger partial charge in [0.15, 0.2) is 6.10 Å². The normalized spacial score (nSPS) is 17.1. The molecule has 2 N–H and O–H groups in total. The van der Waals surface area contributed by atoms with E-state index in [1.807, 2.05) is 0 Å². The molecule has 5 heteroatoms. The molecule has 1 aliphatic heterocycles. The summed E-state index contributed by atoms with van der Waals surface area (Å²) in [5, 5.41) is 6.58. The zero-order valence-electron chi connectivity index (χ0n) is 9.57. The summed E-state index contributed by atoms with van der Waals surface area (Å²) in [5.74, 6) is 0.503. The molecule has 0 bridgehead atoms. The highest BCUT2D eigenvalue weighted by molar-refractivity contribution is 6.30. The van der Waals surface area contributed by atoms with Crippen LogP contribution in [-0.2, 0) is 4.79 Å². The average Bonchev–Trinajstić information content (AvgIpc) is 2.23. The summed E-state index contributed by atoms with van der Waals surface area (Å²) in [6.07, 6.45) is -0.519. The lowest BCUT2D eigenvalue weighted by Crippen LogP contribution is -2.58. The van der Waals surface area contributed by atoms with Gasteiger partial charge in [0.2, 0.25) is 0 Å². The van der Waals surface area contributed by atoms with Gasteiger partial charge in [-0.3, -0.25) is 4.79 Å². The smallest absolute Gasteiger partial charge is 0.261 e. The molecule has 0 radical (unpaired) electrons.